The molecule has 0 aliphatic carbocycles. The average Bonchev–Trinajstić information content (AvgIpc) is 2.17. The van der Waals surface area contributed by atoms with Crippen molar-refractivity contribution in [2.75, 3.05) is 0 Å². The molecule has 2 rings (SSSR count). The van der Waals surface area contributed by atoms with Crippen molar-refractivity contribution in [3.05, 3.63) is 39.4 Å². The second kappa shape index (κ2) is 3.67. The molecule has 0 fully saturated rings. The zero-order valence-electron chi connectivity index (χ0n) is 7.35. The Morgan fingerprint density at radius 3 is 2.73 bits per heavy atom. The van der Waals surface area contributed by atoms with Gasteiger partial charge in [0, 0.05) is 5.39 Å². The Morgan fingerprint density at radius 1 is 1.40 bits per heavy atom. The predicted molar refractivity (Wildman–Crippen MR) is 60.7 cm³/mol. The minimum atomic E-state index is -0.579. The van der Waals surface area contributed by atoms with Gasteiger partial charge in [-0.05, 0) is 6.07 Å². The zero-order chi connectivity index (χ0) is 11.0. The van der Waals surface area contributed by atoms with E-state index in [-0.39, 0.29) is 15.7 Å². The molecule has 0 aliphatic heterocycles. The SMILES string of the molecule is O=[N+]([O-])c1c(S)nc2ccccc2c1Cl. The second-order valence-corrected chi connectivity index (χ2v) is 3.67. The highest BCUT2D eigenvalue weighted by molar-refractivity contribution is 7.80. The van der Waals surface area contributed by atoms with Gasteiger partial charge in [-0.25, -0.2) is 4.98 Å². The van der Waals surface area contributed by atoms with E-state index in [1.807, 2.05) is 0 Å². The lowest BCUT2D eigenvalue weighted by atomic mass is 10.2. The third-order valence-corrected chi connectivity index (χ3v) is 2.66. The van der Waals surface area contributed by atoms with Crippen molar-refractivity contribution >= 4 is 40.8 Å². The zero-order valence-corrected chi connectivity index (χ0v) is 9.00. The van der Waals surface area contributed by atoms with Crippen LogP contribution in [0.5, 0.6) is 0 Å². The lowest BCUT2D eigenvalue weighted by Crippen LogP contribution is -1.94. The molecule has 0 spiro atoms. The molecule has 2 aromatic rings. The molecule has 0 saturated heterocycles. The number of pyridine rings is 1. The fourth-order valence-corrected chi connectivity index (χ4v) is 2.00. The van der Waals surface area contributed by atoms with Gasteiger partial charge in [0.2, 0.25) is 0 Å². The molecule has 0 unspecified atom stereocenters. The number of nitrogens with zero attached hydrogens (tertiary/aromatic N) is 2. The monoisotopic (exact) mass is 240 g/mol. The molecular weight excluding hydrogens is 236 g/mol. The highest BCUT2D eigenvalue weighted by Gasteiger charge is 2.20. The fraction of sp³-hybridized carbons (Fsp3) is 0. The van der Waals surface area contributed by atoms with Crippen molar-refractivity contribution in [1.29, 1.82) is 0 Å². The molecule has 0 aliphatic rings. The van der Waals surface area contributed by atoms with Gasteiger partial charge in [-0.15, -0.1) is 12.6 Å². The molecule has 1 aromatic carbocycles. The maximum Gasteiger partial charge on any atom is 0.320 e. The molecule has 0 bridgehead atoms. The Hall–Kier alpha value is -1.33. The lowest BCUT2D eigenvalue weighted by Gasteiger charge is -2.02. The summed E-state index contributed by atoms with van der Waals surface area (Å²) < 4.78 is 0. The number of para-hydroxylation sites is 1. The summed E-state index contributed by atoms with van der Waals surface area (Å²) in [6.07, 6.45) is 0. The minimum Gasteiger partial charge on any atom is -0.258 e. The molecule has 0 saturated carbocycles. The van der Waals surface area contributed by atoms with Gasteiger partial charge < -0.3 is 0 Å². The number of aromatic nitrogens is 1. The second-order valence-electron chi connectivity index (χ2n) is 2.87. The number of thiol groups is 1. The van der Waals surface area contributed by atoms with Gasteiger partial charge in [0.15, 0.2) is 5.03 Å². The molecule has 1 aromatic heterocycles. The summed E-state index contributed by atoms with van der Waals surface area (Å²) in [4.78, 5) is 14.1. The molecule has 15 heavy (non-hydrogen) atoms. The van der Waals surface area contributed by atoms with Crippen LogP contribution in [0.3, 0.4) is 0 Å². The third kappa shape index (κ3) is 1.64. The number of benzene rings is 1. The van der Waals surface area contributed by atoms with Gasteiger partial charge in [0.1, 0.15) is 5.02 Å². The molecule has 1 heterocycles. The normalized spacial score (nSPS) is 10.5. The first kappa shape index (κ1) is 10.2. The van der Waals surface area contributed by atoms with Crippen molar-refractivity contribution in [3.63, 3.8) is 0 Å². The van der Waals surface area contributed by atoms with Crippen molar-refractivity contribution < 1.29 is 4.92 Å². The number of rotatable bonds is 1. The number of halogens is 1. The van der Waals surface area contributed by atoms with E-state index in [2.05, 4.69) is 17.6 Å². The first-order valence-electron chi connectivity index (χ1n) is 4.03. The Kier molecular flexibility index (Phi) is 2.50. The maximum atomic E-state index is 10.7. The van der Waals surface area contributed by atoms with E-state index in [1.165, 1.54) is 0 Å². The number of hydrogen-bond acceptors (Lipinski definition) is 4. The molecule has 4 nitrogen and oxygen atoms in total. The summed E-state index contributed by atoms with van der Waals surface area (Å²) in [7, 11) is 0. The van der Waals surface area contributed by atoms with Crippen LogP contribution in [0, 0.1) is 10.1 Å². The first-order chi connectivity index (χ1) is 7.11. The van der Waals surface area contributed by atoms with Gasteiger partial charge in [0.05, 0.1) is 10.4 Å². The summed E-state index contributed by atoms with van der Waals surface area (Å²) in [6, 6.07) is 6.94. The van der Waals surface area contributed by atoms with Crippen LogP contribution in [-0.2, 0) is 0 Å². The van der Waals surface area contributed by atoms with Crippen LogP contribution in [0.25, 0.3) is 10.9 Å². The van der Waals surface area contributed by atoms with E-state index in [1.54, 1.807) is 24.3 Å². The summed E-state index contributed by atoms with van der Waals surface area (Å²) >= 11 is 9.86. The molecule has 0 radical (unpaired) electrons. The summed E-state index contributed by atoms with van der Waals surface area (Å²) in [5, 5.41) is 11.4. The number of nitro groups is 1. The van der Waals surface area contributed by atoms with E-state index in [0.29, 0.717) is 10.9 Å². The maximum absolute atomic E-state index is 10.7. The molecule has 0 N–H and O–H groups in total. The summed E-state index contributed by atoms with van der Waals surface area (Å²) in [5.74, 6) is 0. The smallest absolute Gasteiger partial charge is 0.258 e. The van der Waals surface area contributed by atoms with Crippen LogP contribution in [0.1, 0.15) is 0 Å². The minimum absolute atomic E-state index is 0.0312. The van der Waals surface area contributed by atoms with Crippen molar-refractivity contribution in [3.8, 4) is 0 Å². The van der Waals surface area contributed by atoms with E-state index in [4.69, 9.17) is 11.6 Å². The Morgan fingerprint density at radius 2 is 2.07 bits per heavy atom. The fourth-order valence-electron chi connectivity index (χ4n) is 1.31. The van der Waals surface area contributed by atoms with E-state index in [0.717, 1.165) is 0 Å². The summed E-state index contributed by atoms with van der Waals surface area (Å²) in [6.45, 7) is 0. The average molecular weight is 241 g/mol. The highest BCUT2D eigenvalue weighted by Crippen LogP contribution is 2.35. The van der Waals surface area contributed by atoms with Crippen LogP contribution in [0.4, 0.5) is 5.69 Å². The summed E-state index contributed by atoms with van der Waals surface area (Å²) in [5.41, 5.74) is 0.344. The van der Waals surface area contributed by atoms with Crippen LogP contribution < -0.4 is 0 Å². The van der Waals surface area contributed by atoms with Crippen LogP contribution >= 0.6 is 24.2 Å². The van der Waals surface area contributed by atoms with Gasteiger partial charge >= 0.3 is 5.69 Å². The molecule has 0 atom stereocenters. The quantitative estimate of drug-likeness (QED) is 0.473. The van der Waals surface area contributed by atoms with Gasteiger partial charge in [0.25, 0.3) is 0 Å². The van der Waals surface area contributed by atoms with Crippen LogP contribution in [0.15, 0.2) is 29.3 Å². The highest BCUT2D eigenvalue weighted by atomic mass is 35.5. The standard InChI is InChI=1S/C9H5ClN2O2S/c10-7-5-3-1-2-4-6(5)11-9(15)8(7)12(13)14/h1-4H,(H,11,15). The van der Waals surface area contributed by atoms with Crippen molar-refractivity contribution in [1.82, 2.24) is 4.98 Å². The number of fused-ring (bicyclic) bond motifs is 1. The molecule has 0 amide bonds. The molecular formula is C9H5ClN2O2S. The van der Waals surface area contributed by atoms with Gasteiger partial charge in [-0.2, -0.15) is 0 Å². The van der Waals surface area contributed by atoms with Crippen LogP contribution in [0.2, 0.25) is 5.02 Å². The van der Waals surface area contributed by atoms with Crippen LogP contribution in [-0.4, -0.2) is 9.91 Å². The molecule has 76 valence electrons. The topological polar surface area (TPSA) is 56.0 Å². The predicted octanol–water partition coefficient (Wildman–Crippen LogP) is 3.09. The van der Waals surface area contributed by atoms with Gasteiger partial charge in [-0.3, -0.25) is 10.1 Å². The van der Waals surface area contributed by atoms with E-state index >= 15 is 0 Å². The largest absolute Gasteiger partial charge is 0.320 e. The first-order valence-corrected chi connectivity index (χ1v) is 4.85. The lowest BCUT2D eigenvalue weighted by molar-refractivity contribution is -0.387. The van der Waals surface area contributed by atoms with Crippen molar-refractivity contribution in [2.45, 2.75) is 5.03 Å². The third-order valence-electron chi connectivity index (χ3n) is 1.97. The van der Waals surface area contributed by atoms with E-state index in [9.17, 15) is 10.1 Å². The van der Waals surface area contributed by atoms with Gasteiger partial charge in [-0.1, -0.05) is 29.8 Å². The number of hydrogen-bond donors (Lipinski definition) is 1. The van der Waals surface area contributed by atoms with Crippen molar-refractivity contribution in [2.24, 2.45) is 0 Å². The van der Waals surface area contributed by atoms with E-state index < -0.39 is 4.92 Å². The Balaban J connectivity index is 2.90. The molecule has 6 heteroatoms. The Labute approximate surface area is 95.4 Å². The Bertz CT molecular complexity index is 559.